The van der Waals surface area contributed by atoms with Gasteiger partial charge in [0.05, 0.1) is 0 Å². The number of benzene rings is 1. The maximum atomic E-state index is 13.8. The van der Waals surface area contributed by atoms with E-state index in [9.17, 15) is 4.39 Å². The van der Waals surface area contributed by atoms with Crippen LogP contribution in [0.25, 0.3) is 0 Å². The zero-order valence-electron chi connectivity index (χ0n) is 13.3. The number of aryl methyl sites for hydroxylation is 1. The summed E-state index contributed by atoms with van der Waals surface area (Å²) in [6.45, 7) is 9.94. The Labute approximate surface area is 123 Å². The van der Waals surface area contributed by atoms with E-state index in [0.29, 0.717) is 18.2 Å². The maximum absolute atomic E-state index is 13.8. The highest BCUT2D eigenvalue weighted by atomic mass is 19.1. The number of nitrogens with two attached hydrogens (primary N) is 1. The van der Waals surface area contributed by atoms with E-state index in [4.69, 9.17) is 5.73 Å². The van der Waals surface area contributed by atoms with Gasteiger partial charge >= 0.3 is 0 Å². The van der Waals surface area contributed by atoms with Gasteiger partial charge in [-0.25, -0.2) is 4.39 Å². The van der Waals surface area contributed by atoms with Gasteiger partial charge in [0.1, 0.15) is 5.82 Å². The predicted octanol–water partition coefficient (Wildman–Crippen LogP) is 4.03. The lowest BCUT2D eigenvalue weighted by molar-refractivity contribution is 0.140. The van der Waals surface area contributed by atoms with Crippen molar-refractivity contribution in [2.75, 3.05) is 13.1 Å². The first-order chi connectivity index (χ1) is 9.54. The molecule has 0 saturated carbocycles. The second kappa shape index (κ2) is 8.38. The van der Waals surface area contributed by atoms with Crippen LogP contribution in [0.1, 0.15) is 57.2 Å². The quantitative estimate of drug-likeness (QED) is 0.779. The first-order valence-electron chi connectivity index (χ1n) is 7.76. The number of halogens is 1. The van der Waals surface area contributed by atoms with E-state index >= 15 is 0 Å². The molecular weight excluding hydrogens is 251 g/mol. The molecule has 0 bridgehead atoms. The number of nitrogens with zero attached hydrogens (tertiary/aromatic N) is 1. The molecule has 114 valence electrons. The molecule has 2 N–H and O–H groups in total. The molecule has 3 heteroatoms. The fourth-order valence-electron chi connectivity index (χ4n) is 2.54. The molecule has 0 aliphatic heterocycles. The van der Waals surface area contributed by atoms with Crippen molar-refractivity contribution in [3.63, 3.8) is 0 Å². The first kappa shape index (κ1) is 17.1. The monoisotopic (exact) mass is 280 g/mol. The van der Waals surface area contributed by atoms with Crippen molar-refractivity contribution in [2.45, 2.75) is 59.0 Å². The molecule has 0 radical (unpaired) electrons. The van der Waals surface area contributed by atoms with Crippen LogP contribution in [0.5, 0.6) is 0 Å². The second-order valence-corrected chi connectivity index (χ2v) is 5.61. The van der Waals surface area contributed by atoms with Crippen LogP contribution in [-0.4, -0.2) is 24.0 Å². The summed E-state index contributed by atoms with van der Waals surface area (Å²) in [6.07, 6.45) is 3.39. The minimum absolute atomic E-state index is 0.103. The first-order valence-corrected chi connectivity index (χ1v) is 7.76. The van der Waals surface area contributed by atoms with Crippen LogP contribution in [-0.2, 0) is 0 Å². The molecule has 2 atom stereocenters. The molecule has 2 nitrogen and oxygen atoms in total. The summed E-state index contributed by atoms with van der Waals surface area (Å²) in [4.78, 5) is 2.42. The van der Waals surface area contributed by atoms with E-state index in [1.807, 2.05) is 12.1 Å². The molecule has 0 fully saturated rings. The van der Waals surface area contributed by atoms with E-state index in [-0.39, 0.29) is 11.9 Å². The van der Waals surface area contributed by atoms with Crippen LogP contribution in [0.4, 0.5) is 4.39 Å². The molecule has 0 aliphatic carbocycles. The minimum atomic E-state index is -0.138. The largest absolute Gasteiger partial charge is 0.329 e. The lowest BCUT2D eigenvalue weighted by atomic mass is 10.0. The van der Waals surface area contributed by atoms with Gasteiger partial charge in [0.15, 0.2) is 0 Å². The fraction of sp³-hybridized carbons (Fsp3) is 0.647. The van der Waals surface area contributed by atoms with Crippen LogP contribution in [0.3, 0.4) is 0 Å². The van der Waals surface area contributed by atoms with Gasteiger partial charge < -0.3 is 5.73 Å². The zero-order valence-corrected chi connectivity index (χ0v) is 13.3. The Balaban J connectivity index is 3.01. The van der Waals surface area contributed by atoms with Crippen LogP contribution < -0.4 is 5.73 Å². The van der Waals surface area contributed by atoms with Crippen LogP contribution >= 0.6 is 0 Å². The molecule has 0 aliphatic rings. The molecule has 2 unspecified atom stereocenters. The van der Waals surface area contributed by atoms with Gasteiger partial charge in [-0.1, -0.05) is 32.4 Å². The minimum Gasteiger partial charge on any atom is -0.329 e. The average Bonchev–Trinajstić information content (AvgIpc) is 2.46. The van der Waals surface area contributed by atoms with Gasteiger partial charge in [0.25, 0.3) is 0 Å². The SMILES string of the molecule is CCCCN(C(C)CC)C(CN)c1ccc(C)c(F)c1. The molecule has 0 spiro atoms. The summed E-state index contributed by atoms with van der Waals surface area (Å²) < 4.78 is 13.8. The van der Waals surface area contributed by atoms with Crippen molar-refractivity contribution in [3.05, 3.63) is 35.1 Å². The topological polar surface area (TPSA) is 29.3 Å². The molecule has 0 heterocycles. The van der Waals surface area contributed by atoms with Gasteiger partial charge in [0, 0.05) is 18.6 Å². The summed E-state index contributed by atoms with van der Waals surface area (Å²) in [5.41, 5.74) is 7.67. The highest BCUT2D eigenvalue weighted by molar-refractivity contribution is 5.26. The molecule has 0 amide bonds. The van der Waals surface area contributed by atoms with Gasteiger partial charge in [-0.15, -0.1) is 0 Å². The van der Waals surface area contributed by atoms with Crippen molar-refractivity contribution in [1.82, 2.24) is 4.90 Å². The van der Waals surface area contributed by atoms with Crippen LogP contribution in [0, 0.1) is 12.7 Å². The lowest BCUT2D eigenvalue weighted by Gasteiger charge is -2.36. The highest BCUT2D eigenvalue weighted by Gasteiger charge is 2.23. The Morgan fingerprint density at radius 3 is 2.50 bits per heavy atom. The fourth-order valence-corrected chi connectivity index (χ4v) is 2.54. The molecule has 1 rings (SSSR count). The molecule has 0 saturated heterocycles. The number of rotatable bonds is 8. The molecule has 1 aromatic rings. The summed E-state index contributed by atoms with van der Waals surface area (Å²) >= 11 is 0. The van der Waals surface area contributed by atoms with Crippen LogP contribution in [0.15, 0.2) is 18.2 Å². The Hall–Kier alpha value is -0.930. The van der Waals surface area contributed by atoms with Crippen molar-refractivity contribution >= 4 is 0 Å². The Morgan fingerprint density at radius 1 is 1.30 bits per heavy atom. The molecule has 20 heavy (non-hydrogen) atoms. The summed E-state index contributed by atoms with van der Waals surface area (Å²) in [7, 11) is 0. The molecule has 1 aromatic carbocycles. The highest BCUT2D eigenvalue weighted by Crippen LogP contribution is 2.25. The summed E-state index contributed by atoms with van der Waals surface area (Å²) in [5.74, 6) is -0.138. The standard InChI is InChI=1S/C17H29FN2/c1-5-7-10-20(14(4)6-2)17(12-19)15-9-8-13(3)16(18)11-15/h8-9,11,14,17H,5-7,10,12,19H2,1-4H3. The third-order valence-corrected chi connectivity index (χ3v) is 4.13. The van der Waals surface area contributed by atoms with Crippen molar-refractivity contribution in [2.24, 2.45) is 5.73 Å². The maximum Gasteiger partial charge on any atom is 0.126 e. The normalized spacial score (nSPS) is 14.6. The zero-order chi connectivity index (χ0) is 15.1. The van der Waals surface area contributed by atoms with Crippen molar-refractivity contribution in [3.8, 4) is 0 Å². The summed E-state index contributed by atoms with van der Waals surface area (Å²) in [5, 5.41) is 0. The Morgan fingerprint density at radius 2 is 2.00 bits per heavy atom. The van der Waals surface area contributed by atoms with E-state index in [2.05, 4.69) is 25.7 Å². The summed E-state index contributed by atoms with van der Waals surface area (Å²) in [6, 6.07) is 6.07. The second-order valence-electron chi connectivity index (χ2n) is 5.61. The smallest absolute Gasteiger partial charge is 0.126 e. The van der Waals surface area contributed by atoms with E-state index in [1.54, 1.807) is 13.0 Å². The number of unbranched alkanes of at least 4 members (excludes halogenated alkanes) is 1. The average molecular weight is 280 g/mol. The van der Waals surface area contributed by atoms with E-state index in [0.717, 1.165) is 31.4 Å². The van der Waals surface area contributed by atoms with Gasteiger partial charge in [-0.05, 0) is 50.4 Å². The Bertz CT molecular complexity index is 406. The van der Waals surface area contributed by atoms with E-state index < -0.39 is 0 Å². The number of hydrogen-bond donors (Lipinski definition) is 1. The van der Waals surface area contributed by atoms with Gasteiger partial charge in [-0.2, -0.15) is 0 Å². The third-order valence-electron chi connectivity index (χ3n) is 4.13. The third kappa shape index (κ3) is 4.29. The van der Waals surface area contributed by atoms with Gasteiger partial charge in [-0.3, -0.25) is 4.90 Å². The lowest BCUT2D eigenvalue weighted by Crippen LogP contribution is -2.40. The number of hydrogen-bond acceptors (Lipinski definition) is 2. The van der Waals surface area contributed by atoms with Crippen molar-refractivity contribution in [1.29, 1.82) is 0 Å². The van der Waals surface area contributed by atoms with Crippen molar-refractivity contribution < 1.29 is 4.39 Å². The van der Waals surface area contributed by atoms with Crippen LogP contribution in [0.2, 0.25) is 0 Å². The molecular formula is C17H29FN2. The van der Waals surface area contributed by atoms with Gasteiger partial charge in [0.2, 0.25) is 0 Å². The molecule has 0 aromatic heterocycles. The predicted molar refractivity (Wildman–Crippen MR) is 84.3 cm³/mol. The Kier molecular flexibility index (Phi) is 7.17. The van der Waals surface area contributed by atoms with E-state index in [1.165, 1.54) is 0 Å².